The molecule has 1 aromatic carbocycles. The van der Waals surface area contributed by atoms with Gasteiger partial charge in [0.15, 0.2) is 16.2 Å². The van der Waals surface area contributed by atoms with Crippen LogP contribution >= 0.6 is 0 Å². The van der Waals surface area contributed by atoms with E-state index in [1.807, 2.05) is 187 Å². The SMILES string of the molecule is CCCCC(CCCCc1ccc(CCCC(CCCC)(C(=O)OC2CC(C)(C)N(O)C(C)(C)C2)C(=O)OC2CC(C)(C)N(O)C(C)(C)C2)cc1CCCC(CCCC)(C(=O)OC1CC(C)(C)N(O)C(C)(C)C1)C(=O)OC1CC(C)(C)N(O)C(C)(C)C1)(C(=O)OC1CC(C)(C)N(O)C(C)(C)C1)C(=O)OC1CC(C)(C)N(O)C(C)(C)C1. The monoisotopic (exact) mass is 1620 g/mol. The number of benzene rings is 1. The fourth-order valence-electron chi connectivity index (χ4n) is 21.7. The van der Waals surface area contributed by atoms with Crippen molar-refractivity contribution in [2.45, 2.75) is 489 Å². The van der Waals surface area contributed by atoms with E-state index in [1.54, 1.807) is 0 Å². The summed E-state index contributed by atoms with van der Waals surface area (Å²) in [5, 5.41) is 76.3. The Bertz CT molecular complexity index is 3230. The molecule has 1 aromatic rings. The first kappa shape index (κ1) is 97.7. The lowest BCUT2D eigenvalue weighted by Gasteiger charge is -2.51. The third-order valence-electron chi connectivity index (χ3n) is 27.2. The van der Waals surface area contributed by atoms with Gasteiger partial charge in [-0.1, -0.05) is 83.9 Å². The molecule has 660 valence electrons. The molecule has 0 amide bonds. The number of hydroxylamine groups is 12. The first-order chi connectivity index (χ1) is 52.6. The number of aryl methyl sites for hydroxylation is 3. The van der Waals surface area contributed by atoms with E-state index in [4.69, 9.17) is 28.4 Å². The molecule has 6 saturated heterocycles. The largest absolute Gasteiger partial charge is 0.461 e. The average molecular weight is 1620 g/mol. The molecule has 0 unspecified atom stereocenters. The van der Waals surface area contributed by atoms with E-state index in [1.165, 1.54) is 30.4 Å². The number of piperidine rings is 6. The second-order valence-electron chi connectivity index (χ2n) is 43.8. The van der Waals surface area contributed by atoms with Crippen LogP contribution in [-0.2, 0) is 76.5 Å². The van der Waals surface area contributed by atoms with Gasteiger partial charge in [-0.15, -0.1) is 0 Å². The normalized spacial score (nSPS) is 24.4. The molecular weight excluding hydrogens is 1470 g/mol. The molecule has 6 fully saturated rings. The summed E-state index contributed by atoms with van der Waals surface area (Å²) in [6.07, 6.45) is 7.00. The summed E-state index contributed by atoms with van der Waals surface area (Å²) >= 11 is 0. The highest BCUT2D eigenvalue weighted by Gasteiger charge is 2.59. The number of ether oxygens (including phenoxy) is 6. The zero-order valence-corrected chi connectivity index (χ0v) is 76.4. The maximum absolute atomic E-state index is 15.8. The number of carbonyl (C=O) groups is 6. The standard InChI is InChI=1S/C91H158N6O18/c1-28-31-43-89(71(98)110-65-50-77(4,5)92(104)78(6,7)51-65,72(99)111-66-52-79(8,9)93(105)80(10,11)53-66)46-35-34-39-63-42-41-62(38-36-47-90(44-32-29-2,73(100)112-67-54-81(12,13)94(106)82(14,15)55-67)74(101)113-68-56-83(16,17)95(107)84(18,19)57-68)49-64(63)40-37-48-91(45-33-30-3,75(102)114-69-58-85(20,21)96(108)86(22,23)59-69)76(103)115-70-60-87(24,25)97(109)88(26,27)61-70/h41-42,49,65-70,104-109H,28-40,43-48,50-61H2,1-27H3. The summed E-state index contributed by atoms with van der Waals surface area (Å²) in [5.41, 5.74) is -11.7. The van der Waals surface area contributed by atoms with Gasteiger partial charge in [0.25, 0.3) is 0 Å². The number of carbonyl (C=O) groups excluding carboxylic acids is 6. The first-order valence-corrected chi connectivity index (χ1v) is 43.9. The van der Waals surface area contributed by atoms with Crippen LogP contribution in [0.4, 0.5) is 0 Å². The van der Waals surface area contributed by atoms with E-state index in [-0.39, 0.29) is 38.5 Å². The molecule has 6 heterocycles. The van der Waals surface area contributed by atoms with E-state index in [2.05, 4.69) is 18.2 Å². The minimum Gasteiger partial charge on any atom is -0.461 e. The molecule has 0 aliphatic carbocycles. The van der Waals surface area contributed by atoms with Gasteiger partial charge < -0.3 is 59.7 Å². The quantitative estimate of drug-likeness (QED) is 0.0162. The van der Waals surface area contributed by atoms with Crippen molar-refractivity contribution in [1.82, 2.24) is 30.4 Å². The van der Waals surface area contributed by atoms with Gasteiger partial charge in [-0.2, -0.15) is 30.4 Å². The van der Waals surface area contributed by atoms with Gasteiger partial charge >= 0.3 is 35.8 Å². The topological polar surface area (TPSA) is 299 Å². The Kier molecular flexibility index (Phi) is 30.8. The van der Waals surface area contributed by atoms with Gasteiger partial charge in [0.2, 0.25) is 0 Å². The van der Waals surface area contributed by atoms with Crippen LogP contribution in [0.25, 0.3) is 0 Å². The highest BCUT2D eigenvalue weighted by atomic mass is 16.6. The van der Waals surface area contributed by atoms with Crippen LogP contribution in [-0.4, -0.2) is 201 Å². The van der Waals surface area contributed by atoms with Gasteiger partial charge in [-0.25, -0.2) is 0 Å². The molecule has 6 aliphatic rings. The smallest absolute Gasteiger partial charge is 0.323 e. The summed E-state index contributed by atoms with van der Waals surface area (Å²) in [7, 11) is 0. The third kappa shape index (κ3) is 22.5. The van der Waals surface area contributed by atoms with Crippen molar-refractivity contribution in [3.05, 3.63) is 34.9 Å². The van der Waals surface area contributed by atoms with Crippen molar-refractivity contribution >= 4 is 35.8 Å². The summed E-state index contributed by atoms with van der Waals surface area (Å²) in [4.78, 5) is 93.9. The number of esters is 6. The molecule has 24 heteroatoms. The highest BCUT2D eigenvalue weighted by molar-refractivity contribution is 6.01. The van der Waals surface area contributed by atoms with Crippen molar-refractivity contribution in [3.8, 4) is 0 Å². The Morgan fingerprint density at radius 2 is 0.461 bits per heavy atom. The maximum atomic E-state index is 15.8. The number of hydrogen-bond donors (Lipinski definition) is 6. The Hall–Kier alpha value is -4.44. The van der Waals surface area contributed by atoms with E-state index in [0.717, 1.165) is 16.7 Å². The number of rotatable bonds is 34. The van der Waals surface area contributed by atoms with Crippen LogP contribution in [0.1, 0.15) is 383 Å². The van der Waals surface area contributed by atoms with Crippen LogP contribution < -0.4 is 0 Å². The van der Waals surface area contributed by atoms with Crippen molar-refractivity contribution in [1.29, 1.82) is 0 Å². The summed E-state index contributed by atoms with van der Waals surface area (Å²) in [6.45, 7) is 51.7. The minimum atomic E-state index is -1.78. The van der Waals surface area contributed by atoms with Crippen molar-refractivity contribution in [2.75, 3.05) is 0 Å². The predicted octanol–water partition coefficient (Wildman–Crippen LogP) is 18.3. The summed E-state index contributed by atoms with van der Waals surface area (Å²) < 4.78 is 39.8. The van der Waals surface area contributed by atoms with Crippen LogP contribution in [0.2, 0.25) is 0 Å². The molecule has 7 rings (SSSR count). The molecular formula is C91H158N6O18. The van der Waals surface area contributed by atoms with Gasteiger partial charge in [0.1, 0.15) is 36.6 Å². The summed E-state index contributed by atoms with van der Waals surface area (Å²) in [6, 6.07) is 6.30. The third-order valence-corrected chi connectivity index (χ3v) is 27.2. The van der Waals surface area contributed by atoms with E-state index >= 15 is 28.8 Å². The Morgan fingerprint density at radius 1 is 0.278 bits per heavy atom. The number of unbranched alkanes of at least 4 members (excludes halogenated alkanes) is 4. The van der Waals surface area contributed by atoms with Crippen LogP contribution in [0.5, 0.6) is 0 Å². The molecule has 0 spiro atoms. The predicted molar refractivity (Wildman–Crippen MR) is 441 cm³/mol. The zero-order valence-electron chi connectivity index (χ0n) is 76.4. The van der Waals surface area contributed by atoms with Crippen molar-refractivity contribution < 1.29 is 88.4 Å². The first-order valence-electron chi connectivity index (χ1n) is 43.9. The number of nitrogens with zero attached hydrogens (tertiary/aromatic N) is 6. The highest BCUT2D eigenvalue weighted by Crippen LogP contribution is 2.50. The molecule has 0 atom stereocenters. The van der Waals surface area contributed by atoms with E-state index < -0.39 is 155 Å². The molecule has 115 heavy (non-hydrogen) atoms. The second kappa shape index (κ2) is 36.3. The van der Waals surface area contributed by atoms with Crippen LogP contribution in [0, 0.1) is 16.2 Å². The fourth-order valence-corrected chi connectivity index (χ4v) is 21.7. The van der Waals surface area contributed by atoms with E-state index in [0.29, 0.717) is 161 Å². The molecule has 24 nitrogen and oxygen atoms in total. The van der Waals surface area contributed by atoms with Crippen LogP contribution in [0.3, 0.4) is 0 Å². The van der Waals surface area contributed by atoms with Crippen LogP contribution in [0.15, 0.2) is 18.2 Å². The van der Waals surface area contributed by atoms with Gasteiger partial charge in [0, 0.05) is 144 Å². The molecule has 6 N–H and O–H groups in total. The van der Waals surface area contributed by atoms with Gasteiger partial charge in [-0.05, 0) is 260 Å². The molecule has 0 bridgehead atoms. The molecule has 0 saturated carbocycles. The van der Waals surface area contributed by atoms with Crippen molar-refractivity contribution in [2.24, 2.45) is 16.2 Å². The second-order valence-corrected chi connectivity index (χ2v) is 43.8. The maximum Gasteiger partial charge on any atom is 0.323 e. The number of hydrogen-bond acceptors (Lipinski definition) is 24. The Labute approximate surface area is 691 Å². The van der Waals surface area contributed by atoms with E-state index in [9.17, 15) is 31.2 Å². The Balaban J connectivity index is 1.31. The summed E-state index contributed by atoms with van der Waals surface area (Å²) in [5.74, 6) is -3.99. The van der Waals surface area contributed by atoms with Crippen molar-refractivity contribution in [3.63, 3.8) is 0 Å². The lowest BCUT2D eigenvalue weighted by Crippen LogP contribution is -2.61. The average Bonchev–Trinajstić information content (AvgIpc) is 0.768. The lowest BCUT2D eigenvalue weighted by atomic mass is 9.75. The fraction of sp³-hybridized carbons (Fsp3) is 0.868. The van der Waals surface area contributed by atoms with Gasteiger partial charge in [0.05, 0.1) is 0 Å². The molecule has 0 aromatic heterocycles. The lowest BCUT2D eigenvalue weighted by molar-refractivity contribution is -0.263. The molecule has 0 radical (unpaired) electrons. The zero-order chi connectivity index (χ0) is 86.9. The minimum absolute atomic E-state index is 0.0503. The van der Waals surface area contributed by atoms with Gasteiger partial charge in [-0.3, -0.25) is 28.8 Å². The Morgan fingerprint density at radius 3 is 0.670 bits per heavy atom. The molecule has 6 aliphatic heterocycles.